The molecular weight excluding hydrogens is 160 g/mol. The van der Waals surface area contributed by atoms with Crippen LogP contribution in [0.15, 0.2) is 0 Å². The minimum absolute atomic E-state index is 0.370. The molecular formula is C11H24N2. The van der Waals surface area contributed by atoms with Gasteiger partial charge in [-0.2, -0.15) is 0 Å². The van der Waals surface area contributed by atoms with Crippen LogP contribution in [0.4, 0.5) is 0 Å². The number of rotatable bonds is 2. The highest BCUT2D eigenvalue weighted by Crippen LogP contribution is 2.36. The maximum Gasteiger partial charge on any atom is 0.00703 e. The van der Waals surface area contributed by atoms with Crippen LogP contribution in [0.5, 0.6) is 0 Å². The molecule has 0 aromatic carbocycles. The van der Waals surface area contributed by atoms with Crippen molar-refractivity contribution >= 4 is 0 Å². The summed E-state index contributed by atoms with van der Waals surface area (Å²) in [6.45, 7) is 7.64. The highest BCUT2D eigenvalue weighted by molar-refractivity contribution is 4.87. The van der Waals surface area contributed by atoms with Crippen molar-refractivity contribution in [3.8, 4) is 0 Å². The van der Waals surface area contributed by atoms with Gasteiger partial charge in [0.15, 0.2) is 0 Å². The fourth-order valence-corrected chi connectivity index (χ4v) is 2.47. The summed E-state index contributed by atoms with van der Waals surface area (Å²) in [5.41, 5.74) is 11.9. The third kappa shape index (κ3) is 2.44. The zero-order valence-corrected chi connectivity index (χ0v) is 9.16. The summed E-state index contributed by atoms with van der Waals surface area (Å²) in [6.07, 6.45) is 2.47. The molecule has 1 saturated carbocycles. The predicted molar refractivity (Wildman–Crippen MR) is 57.2 cm³/mol. The number of nitrogens with two attached hydrogens (primary N) is 2. The third-order valence-electron chi connectivity index (χ3n) is 3.84. The SMILES string of the molecule is CC(C)[C@H]1C[C@H](CN)[C@@H](C)[C@@H](N)C1. The van der Waals surface area contributed by atoms with E-state index in [0.717, 1.165) is 18.4 Å². The molecule has 78 valence electrons. The van der Waals surface area contributed by atoms with E-state index in [2.05, 4.69) is 20.8 Å². The fourth-order valence-electron chi connectivity index (χ4n) is 2.47. The van der Waals surface area contributed by atoms with Gasteiger partial charge in [0.2, 0.25) is 0 Å². The van der Waals surface area contributed by atoms with Gasteiger partial charge in [-0.15, -0.1) is 0 Å². The number of hydrogen-bond donors (Lipinski definition) is 2. The molecule has 0 aromatic heterocycles. The van der Waals surface area contributed by atoms with E-state index >= 15 is 0 Å². The molecule has 1 rings (SSSR count). The Morgan fingerprint density at radius 2 is 1.92 bits per heavy atom. The van der Waals surface area contributed by atoms with Gasteiger partial charge in [0, 0.05) is 6.04 Å². The summed E-state index contributed by atoms with van der Waals surface area (Å²) >= 11 is 0. The molecule has 0 saturated heterocycles. The number of hydrogen-bond acceptors (Lipinski definition) is 2. The Labute approximate surface area is 82.1 Å². The van der Waals surface area contributed by atoms with Crippen LogP contribution in [0.25, 0.3) is 0 Å². The lowest BCUT2D eigenvalue weighted by molar-refractivity contribution is 0.139. The average Bonchev–Trinajstić information content (AvgIpc) is 2.09. The molecule has 4 atom stereocenters. The first-order chi connectivity index (χ1) is 6.06. The highest BCUT2D eigenvalue weighted by Gasteiger charge is 2.33. The van der Waals surface area contributed by atoms with E-state index in [1.165, 1.54) is 12.8 Å². The van der Waals surface area contributed by atoms with E-state index in [0.29, 0.717) is 17.9 Å². The smallest absolute Gasteiger partial charge is 0.00703 e. The Hall–Kier alpha value is -0.0800. The van der Waals surface area contributed by atoms with E-state index in [9.17, 15) is 0 Å². The van der Waals surface area contributed by atoms with Crippen molar-refractivity contribution in [1.82, 2.24) is 0 Å². The molecule has 13 heavy (non-hydrogen) atoms. The zero-order valence-electron chi connectivity index (χ0n) is 9.16. The molecule has 2 nitrogen and oxygen atoms in total. The minimum Gasteiger partial charge on any atom is -0.330 e. The molecule has 4 N–H and O–H groups in total. The van der Waals surface area contributed by atoms with Gasteiger partial charge < -0.3 is 11.5 Å². The monoisotopic (exact) mass is 184 g/mol. The van der Waals surface area contributed by atoms with Gasteiger partial charge in [-0.1, -0.05) is 20.8 Å². The zero-order chi connectivity index (χ0) is 10.0. The molecule has 2 heteroatoms. The topological polar surface area (TPSA) is 52.0 Å². The molecule has 0 spiro atoms. The average molecular weight is 184 g/mol. The van der Waals surface area contributed by atoms with Crippen molar-refractivity contribution in [1.29, 1.82) is 0 Å². The summed E-state index contributed by atoms with van der Waals surface area (Å²) in [5.74, 6) is 2.81. The second-order valence-electron chi connectivity index (χ2n) is 4.99. The molecule has 0 unspecified atom stereocenters. The van der Waals surface area contributed by atoms with E-state index < -0.39 is 0 Å². The second kappa shape index (κ2) is 4.43. The Balaban J connectivity index is 2.58. The second-order valence-corrected chi connectivity index (χ2v) is 4.99. The maximum absolute atomic E-state index is 6.12. The Morgan fingerprint density at radius 3 is 2.38 bits per heavy atom. The summed E-state index contributed by atoms with van der Waals surface area (Å²) in [5, 5.41) is 0. The van der Waals surface area contributed by atoms with Crippen molar-refractivity contribution < 1.29 is 0 Å². The van der Waals surface area contributed by atoms with E-state index in [1.807, 2.05) is 0 Å². The van der Waals surface area contributed by atoms with Gasteiger partial charge in [-0.3, -0.25) is 0 Å². The summed E-state index contributed by atoms with van der Waals surface area (Å²) in [4.78, 5) is 0. The summed E-state index contributed by atoms with van der Waals surface area (Å²) in [7, 11) is 0. The Bertz CT molecular complexity index is 156. The van der Waals surface area contributed by atoms with Crippen LogP contribution >= 0.6 is 0 Å². The predicted octanol–water partition coefficient (Wildman–Crippen LogP) is 1.59. The normalized spacial score (nSPS) is 41.1. The van der Waals surface area contributed by atoms with E-state index in [1.54, 1.807) is 0 Å². The van der Waals surface area contributed by atoms with Crippen LogP contribution in [0.2, 0.25) is 0 Å². The lowest BCUT2D eigenvalue weighted by Gasteiger charge is -2.39. The van der Waals surface area contributed by atoms with Crippen LogP contribution in [-0.2, 0) is 0 Å². The summed E-state index contributed by atoms with van der Waals surface area (Å²) in [6, 6.07) is 0.370. The lowest BCUT2D eigenvalue weighted by atomic mass is 9.69. The Morgan fingerprint density at radius 1 is 1.31 bits per heavy atom. The molecule has 0 aromatic rings. The highest BCUT2D eigenvalue weighted by atomic mass is 14.7. The Kier molecular flexibility index (Phi) is 3.74. The molecule has 0 heterocycles. The van der Waals surface area contributed by atoms with E-state index in [4.69, 9.17) is 11.5 Å². The van der Waals surface area contributed by atoms with Crippen LogP contribution in [0.1, 0.15) is 33.6 Å². The largest absolute Gasteiger partial charge is 0.330 e. The van der Waals surface area contributed by atoms with Gasteiger partial charge >= 0.3 is 0 Å². The van der Waals surface area contributed by atoms with Crippen molar-refractivity contribution in [2.45, 2.75) is 39.7 Å². The fraction of sp³-hybridized carbons (Fsp3) is 1.00. The molecule has 0 bridgehead atoms. The van der Waals surface area contributed by atoms with Gasteiger partial charge in [-0.05, 0) is 43.1 Å². The third-order valence-corrected chi connectivity index (χ3v) is 3.84. The molecule has 0 aliphatic heterocycles. The quantitative estimate of drug-likeness (QED) is 0.685. The standard InChI is InChI=1S/C11H24N2/c1-7(2)9-4-10(6-12)8(3)11(13)5-9/h7-11H,4-6,12-13H2,1-3H3/t8-,9+,10-,11+/m1/s1. The lowest BCUT2D eigenvalue weighted by Crippen LogP contribution is -2.44. The van der Waals surface area contributed by atoms with E-state index in [-0.39, 0.29) is 0 Å². The van der Waals surface area contributed by atoms with Crippen molar-refractivity contribution in [2.24, 2.45) is 35.1 Å². The van der Waals surface area contributed by atoms with Crippen LogP contribution < -0.4 is 11.5 Å². The van der Waals surface area contributed by atoms with Gasteiger partial charge in [0.05, 0.1) is 0 Å². The van der Waals surface area contributed by atoms with Crippen molar-refractivity contribution in [3.63, 3.8) is 0 Å². The minimum atomic E-state index is 0.370. The van der Waals surface area contributed by atoms with Gasteiger partial charge in [-0.25, -0.2) is 0 Å². The molecule has 1 aliphatic carbocycles. The molecule has 0 radical (unpaired) electrons. The molecule has 1 fully saturated rings. The maximum atomic E-state index is 6.12. The van der Waals surface area contributed by atoms with Gasteiger partial charge in [0.1, 0.15) is 0 Å². The van der Waals surface area contributed by atoms with Crippen LogP contribution in [0.3, 0.4) is 0 Å². The molecule has 0 amide bonds. The first-order valence-electron chi connectivity index (χ1n) is 5.51. The molecule has 1 aliphatic rings. The van der Waals surface area contributed by atoms with Gasteiger partial charge in [0.25, 0.3) is 0 Å². The van der Waals surface area contributed by atoms with Crippen LogP contribution in [0, 0.1) is 23.7 Å². The first-order valence-corrected chi connectivity index (χ1v) is 5.51. The van der Waals surface area contributed by atoms with Crippen LogP contribution in [-0.4, -0.2) is 12.6 Å². The van der Waals surface area contributed by atoms with Crippen molar-refractivity contribution in [2.75, 3.05) is 6.54 Å². The van der Waals surface area contributed by atoms with Crippen molar-refractivity contribution in [3.05, 3.63) is 0 Å². The first kappa shape index (κ1) is 11.0. The summed E-state index contributed by atoms with van der Waals surface area (Å²) < 4.78 is 0.